The van der Waals surface area contributed by atoms with Gasteiger partial charge in [-0.3, -0.25) is 14.4 Å². The molecule has 1 aliphatic heterocycles. The third-order valence-electron chi connectivity index (χ3n) is 9.54. The Morgan fingerprint density at radius 3 is 2.20 bits per heavy atom. The fourth-order valence-electron chi connectivity index (χ4n) is 6.25. The van der Waals surface area contributed by atoms with Crippen molar-refractivity contribution in [3.63, 3.8) is 0 Å². The van der Waals surface area contributed by atoms with Crippen LogP contribution in [0.4, 0.5) is 16.2 Å². The number of unbranched alkanes of at least 4 members (excludes halogenated alkanes) is 2. The Hall–Kier alpha value is -5.83. The zero-order chi connectivity index (χ0) is 43.1. The highest BCUT2D eigenvalue weighted by molar-refractivity contribution is 6.16. The van der Waals surface area contributed by atoms with E-state index in [1.165, 1.54) is 24.1 Å². The SMILES string of the molecule is COC(=O)COc1c(C(=O)c2ccccc2OCCCNC(=O)OC(C)(C)C)ccc(C(=O)N(C)c2ccc(C)cc2OCCCCCC(=O)N2CCN(C)CC2)c1N. The number of alkyl carbamates (subject to hydrolysis) is 1. The topological polar surface area (TPSA) is 179 Å². The van der Waals surface area contributed by atoms with Crippen LogP contribution < -0.4 is 30.2 Å². The normalized spacial score (nSPS) is 13.0. The number of carbonyl (C=O) groups excluding carboxylic acids is 5. The number of aryl methyl sites for hydroxylation is 1. The minimum Gasteiger partial charge on any atom is -0.493 e. The van der Waals surface area contributed by atoms with Crippen LogP contribution >= 0.6 is 0 Å². The fourth-order valence-corrected chi connectivity index (χ4v) is 6.25. The molecule has 0 saturated carbocycles. The number of para-hydroxylation sites is 1. The molecule has 15 heteroatoms. The number of methoxy groups -OCH3 is 1. The summed E-state index contributed by atoms with van der Waals surface area (Å²) < 4.78 is 27.9. The third-order valence-corrected chi connectivity index (χ3v) is 9.54. The lowest BCUT2D eigenvalue weighted by molar-refractivity contribution is -0.143. The number of nitrogens with zero attached hydrogens (tertiary/aromatic N) is 3. The van der Waals surface area contributed by atoms with Gasteiger partial charge in [0.2, 0.25) is 11.7 Å². The van der Waals surface area contributed by atoms with Gasteiger partial charge in [0.15, 0.2) is 12.4 Å². The maximum Gasteiger partial charge on any atom is 0.407 e. The van der Waals surface area contributed by atoms with Gasteiger partial charge in [0.1, 0.15) is 17.1 Å². The number of carbonyl (C=O) groups is 5. The highest BCUT2D eigenvalue weighted by Crippen LogP contribution is 2.36. The van der Waals surface area contributed by atoms with Crippen LogP contribution in [0.5, 0.6) is 17.2 Å². The number of amides is 3. The number of hydrogen-bond donors (Lipinski definition) is 2. The van der Waals surface area contributed by atoms with Gasteiger partial charge in [0.25, 0.3) is 5.91 Å². The van der Waals surface area contributed by atoms with Gasteiger partial charge in [-0.15, -0.1) is 0 Å². The van der Waals surface area contributed by atoms with Crippen molar-refractivity contribution in [1.82, 2.24) is 15.1 Å². The van der Waals surface area contributed by atoms with Crippen LogP contribution in [0.1, 0.15) is 84.7 Å². The number of nitrogens with one attached hydrogen (secondary N) is 1. The van der Waals surface area contributed by atoms with Crippen molar-refractivity contribution in [2.75, 3.05) is 84.4 Å². The lowest BCUT2D eigenvalue weighted by Gasteiger charge is -2.32. The number of anilines is 2. The van der Waals surface area contributed by atoms with Gasteiger partial charge in [-0.1, -0.05) is 18.2 Å². The zero-order valence-corrected chi connectivity index (χ0v) is 35.4. The van der Waals surface area contributed by atoms with Crippen molar-refractivity contribution >= 4 is 41.0 Å². The number of nitrogen functional groups attached to an aromatic ring is 1. The lowest BCUT2D eigenvalue weighted by Crippen LogP contribution is -2.47. The minimum atomic E-state index is -0.719. The molecule has 3 aromatic rings. The van der Waals surface area contributed by atoms with E-state index >= 15 is 0 Å². The number of benzene rings is 3. The molecule has 0 spiro atoms. The Labute approximate surface area is 347 Å². The molecule has 0 aromatic heterocycles. The molecule has 320 valence electrons. The predicted octanol–water partition coefficient (Wildman–Crippen LogP) is 5.64. The first-order valence-electron chi connectivity index (χ1n) is 19.9. The smallest absolute Gasteiger partial charge is 0.407 e. The Morgan fingerprint density at radius 1 is 0.814 bits per heavy atom. The average Bonchev–Trinajstić information content (AvgIpc) is 3.20. The molecule has 59 heavy (non-hydrogen) atoms. The highest BCUT2D eigenvalue weighted by Gasteiger charge is 2.27. The van der Waals surface area contributed by atoms with E-state index in [4.69, 9.17) is 29.4 Å². The number of esters is 1. The van der Waals surface area contributed by atoms with Gasteiger partial charge in [0.05, 0.1) is 48.4 Å². The first kappa shape index (κ1) is 45.9. The third kappa shape index (κ3) is 13.6. The molecule has 1 heterocycles. The molecule has 0 unspecified atom stereocenters. The van der Waals surface area contributed by atoms with E-state index in [0.717, 1.165) is 51.0 Å². The molecule has 1 fully saturated rings. The number of rotatable bonds is 19. The molecule has 1 saturated heterocycles. The second-order valence-electron chi connectivity index (χ2n) is 15.4. The molecular weight excluding hydrogens is 759 g/mol. The number of likely N-dealkylation sites (N-methyl/N-ethyl adjacent to an activating group) is 1. The molecular formula is C44H59N5O10. The predicted molar refractivity (Wildman–Crippen MR) is 225 cm³/mol. The van der Waals surface area contributed by atoms with E-state index < -0.39 is 36.0 Å². The molecule has 0 aliphatic carbocycles. The molecule has 3 N–H and O–H groups in total. The van der Waals surface area contributed by atoms with Gasteiger partial charge in [-0.05, 0) is 102 Å². The van der Waals surface area contributed by atoms with Crippen LogP contribution in [-0.2, 0) is 19.1 Å². The van der Waals surface area contributed by atoms with E-state index in [9.17, 15) is 24.0 Å². The van der Waals surface area contributed by atoms with Crippen molar-refractivity contribution in [3.05, 3.63) is 76.9 Å². The van der Waals surface area contributed by atoms with Crippen LogP contribution in [0.3, 0.4) is 0 Å². The molecule has 0 bridgehead atoms. The quantitative estimate of drug-likeness (QED) is 0.0659. The van der Waals surface area contributed by atoms with Gasteiger partial charge < -0.3 is 49.4 Å². The fraction of sp³-hybridized carbons (Fsp3) is 0.477. The monoisotopic (exact) mass is 817 g/mol. The summed E-state index contributed by atoms with van der Waals surface area (Å²) in [7, 11) is 4.85. The first-order chi connectivity index (χ1) is 28.1. The van der Waals surface area contributed by atoms with Crippen molar-refractivity contribution < 1.29 is 47.7 Å². The molecule has 4 rings (SSSR count). The van der Waals surface area contributed by atoms with Crippen LogP contribution in [0.15, 0.2) is 54.6 Å². The Bertz CT molecular complexity index is 1940. The summed E-state index contributed by atoms with van der Waals surface area (Å²) in [6.45, 7) is 10.8. The van der Waals surface area contributed by atoms with Crippen LogP contribution in [-0.4, -0.2) is 119 Å². The summed E-state index contributed by atoms with van der Waals surface area (Å²) in [5.74, 6) is -0.954. The van der Waals surface area contributed by atoms with E-state index in [1.54, 1.807) is 58.2 Å². The summed E-state index contributed by atoms with van der Waals surface area (Å²) in [5.41, 5.74) is 7.48. The summed E-state index contributed by atoms with van der Waals surface area (Å²) in [4.78, 5) is 70.6. The van der Waals surface area contributed by atoms with Crippen molar-refractivity contribution in [3.8, 4) is 17.2 Å². The number of hydrogen-bond acceptors (Lipinski definition) is 12. The van der Waals surface area contributed by atoms with Gasteiger partial charge >= 0.3 is 12.1 Å². The molecule has 1 aliphatic rings. The molecule has 3 amide bonds. The lowest BCUT2D eigenvalue weighted by atomic mass is 9.98. The number of piperazine rings is 1. The molecule has 3 aromatic carbocycles. The van der Waals surface area contributed by atoms with Gasteiger partial charge in [0, 0.05) is 46.2 Å². The summed E-state index contributed by atoms with van der Waals surface area (Å²) in [6, 6.07) is 15.0. The summed E-state index contributed by atoms with van der Waals surface area (Å²) >= 11 is 0. The molecule has 0 radical (unpaired) electrons. The Kier molecular flexibility index (Phi) is 16.9. The van der Waals surface area contributed by atoms with E-state index in [2.05, 4.69) is 17.3 Å². The standard InChI is InChI=1S/C44H59N5O10/c1-30-17-20-34(36(28-30)57-26-12-8-9-16-37(50)49-24-22-47(5)23-25-49)48(6)42(53)32-18-19-33(41(39(32)45)58-29-38(51)55-7)40(52)31-14-10-11-15-35(31)56-27-13-21-46-43(54)59-44(2,3)4/h10-11,14-15,17-20,28H,8-9,12-13,16,21-27,29,45H2,1-7H3,(H,46,54). The van der Waals surface area contributed by atoms with Gasteiger partial charge in [-0.2, -0.15) is 0 Å². The van der Waals surface area contributed by atoms with E-state index in [1.807, 2.05) is 24.0 Å². The molecule has 0 atom stereocenters. The second-order valence-corrected chi connectivity index (χ2v) is 15.4. The van der Waals surface area contributed by atoms with E-state index in [0.29, 0.717) is 30.9 Å². The van der Waals surface area contributed by atoms with Crippen molar-refractivity contribution in [1.29, 1.82) is 0 Å². The van der Waals surface area contributed by atoms with Crippen LogP contribution in [0, 0.1) is 6.92 Å². The Morgan fingerprint density at radius 2 is 1.49 bits per heavy atom. The number of nitrogens with two attached hydrogens (primary N) is 1. The number of ether oxygens (including phenoxy) is 5. The molecule has 15 nitrogen and oxygen atoms in total. The summed E-state index contributed by atoms with van der Waals surface area (Å²) in [5, 5.41) is 2.67. The number of ketones is 1. The Balaban J connectivity index is 1.46. The van der Waals surface area contributed by atoms with Crippen molar-refractivity contribution in [2.24, 2.45) is 0 Å². The van der Waals surface area contributed by atoms with E-state index in [-0.39, 0.29) is 52.9 Å². The highest BCUT2D eigenvalue weighted by atomic mass is 16.6. The maximum atomic E-state index is 14.1. The van der Waals surface area contributed by atoms with Crippen molar-refractivity contribution in [2.45, 2.75) is 65.4 Å². The minimum absolute atomic E-state index is 0.00200. The van der Waals surface area contributed by atoms with Gasteiger partial charge in [-0.25, -0.2) is 9.59 Å². The van der Waals surface area contributed by atoms with Crippen LogP contribution in [0.25, 0.3) is 0 Å². The largest absolute Gasteiger partial charge is 0.493 e. The maximum absolute atomic E-state index is 14.1. The summed E-state index contributed by atoms with van der Waals surface area (Å²) in [6.07, 6.45) is 2.70. The average molecular weight is 818 g/mol. The zero-order valence-electron chi connectivity index (χ0n) is 35.4. The second kappa shape index (κ2) is 21.8. The van der Waals surface area contributed by atoms with Crippen LogP contribution in [0.2, 0.25) is 0 Å². The first-order valence-corrected chi connectivity index (χ1v) is 19.9.